The van der Waals surface area contributed by atoms with Gasteiger partial charge in [-0.15, -0.1) is 0 Å². The lowest BCUT2D eigenvalue weighted by molar-refractivity contribution is -0.142. The van der Waals surface area contributed by atoms with Crippen LogP contribution in [0.2, 0.25) is 5.02 Å². The van der Waals surface area contributed by atoms with Crippen LogP contribution < -0.4 is 0 Å². The van der Waals surface area contributed by atoms with Crippen molar-refractivity contribution in [1.82, 2.24) is 9.80 Å². The molecular weight excluding hydrogens is 415 g/mol. The summed E-state index contributed by atoms with van der Waals surface area (Å²) in [5.74, 6) is 0.159. The Bertz CT molecular complexity index is 993. The van der Waals surface area contributed by atoms with Gasteiger partial charge in [0, 0.05) is 43.2 Å². The monoisotopic (exact) mass is 440 g/mol. The number of hydrogen-bond acceptors (Lipinski definition) is 2. The number of likely N-dealkylation sites (tertiary alicyclic amines) is 2. The minimum Gasteiger partial charge on any atom is -0.339 e. The van der Waals surface area contributed by atoms with Gasteiger partial charge < -0.3 is 9.80 Å². The average Bonchev–Trinajstić information content (AvgIpc) is 2.77. The van der Waals surface area contributed by atoms with Crippen LogP contribution in [0.1, 0.15) is 30.4 Å². The first-order valence-corrected chi connectivity index (χ1v) is 11.1. The number of carbonyl (C=O) groups is 2. The zero-order valence-corrected chi connectivity index (χ0v) is 18.1. The number of amides is 2. The number of carbonyl (C=O) groups excluding carboxylic acids is 2. The number of piperidine rings is 2. The van der Waals surface area contributed by atoms with Crippen LogP contribution in [-0.2, 0) is 16.0 Å². The van der Waals surface area contributed by atoms with Crippen LogP contribution in [0.25, 0.3) is 6.08 Å². The highest BCUT2D eigenvalue weighted by atomic mass is 35.5. The lowest BCUT2D eigenvalue weighted by Gasteiger charge is -2.47. The van der Waals surface area contributed by atoms with Gasteiger partial charge in [0.1, 0.15) is 5.82 Å². The molecule has 0 aromatic heterocycles. The fourth-order valence-electron chi connectivity index (χ4n) is 4.66. The summed E-state index contributed by atoms with van der Waals surface area (Å²) < 4.78 is 13.5. The predicted octanol–water partition coefficient (Wildman–Crippen LogP) is 4.57. The first-order chi connectivity index (χ1) is 15.0. The fraction of sp³-hybridized carbons (Fsp3) is 0.360. The molecule has 0 N–H and O–H groups in total. The van der Waals surface area contributed by atoms with Crippen molar-refractivity contribution in [3.8, 4) is 0 Å². The molecule has 0 aliphatic carbocycles. The third kappa shape index (κ3) is 5.16. The molecule has 2 aliphatic heterocycles. The van der Waals surface area contributed by atoms with E-state index in [9.17, 15) is 14.0 Å². The Labute approximate surface area is 187 Å². The maximum Gasteiger partial charge on any atom is 0.246 e. The number of hydrogen-bond donors (Lipinski definition) is 0. The summed E-state index contributed by atoms with van der Waals surface area (Å²) in [6.07, 6.45) is 6.05. The highest BCUT2D eigenvalue weighted by molar-refractivity contribution is 6.32. The van der Waals surface area contributed by atoms with Crippen LogP contribution in [-0.4, -0.2) is 47.3 Å². The molecule has 162 valence electrons. The molecular formula is C25H26ClFN2O2. The summed E-state index contributed by atoms with van der Waals surface area (Å²) >= 11 is 6.16. The molecule has 2 aliphatic rings. The van der Waals surface area contributed by atoms with Gasteiger partial charge in [0.15, 0.2) is 0 Å². The van der Waals surface area contributed by atoms with E-state index < -0.39 is 0 Å². The maximum atomic E-state index is 13.5. The molecule has 2 heterocycles. The third-order valence-electron chi connectivity index (χ3n) is 6.30. The van der Waals surface area contributed by atoms with E-state index in [-0.39, 0.29) is 29.6 Å². The molecule has 2 aromatic rings. The SMILES string of the molecule is O=C(/C=C/c1ccccc1Cl)N1CC[C@H]2[C@H](CCC(=O)N2CCc2cccc(F)c2)C1. The molecule has 0 unspecified atom stereocenters. The Hall–Kier alpha value is -2.66. The Morgan fingerprint density at radius 2 is 2.00 bits per heavy atom. The number of halogens is 2. The van der Waals surface area contributed by atoms with Gasteiger partial charge in [0.25, 0.3) is 0 Å². The number of nitrogens with zero attached hydrogens (tertiary/aromatic N) is 2. The third-order valence-corrected chi connectivity index (χ3v) is 6.64. The Morgan fingerprint density at radius 3 is 2.81 bits per heavy atom. The van der Waals surface area contributed by atoms with E-state index in [1.54, 1.807) is 24.3 Å². The normalized spacial score (nSPS) is 21.4. The molecule has 2 saturated heterocycles. The maximum absolute atomic E-state index is 13.5. The Kier molecular flexibility index (Phi) is 6.71. The summed E-state index contributed by atoms with van der Waals surface area (Å²) in [5.41, 5.74) is 1.71. The number of rotatable bonds is 5. The molecule has 2 aromatic carbocycles. The van der Waals surface area contributed by atoms with Gasteiger partial charge in [-0.2, -0.15) is 0 Å². The largest absolute Gasteiger partial charge is 0.339 e. The van der Waals surface area contributed by atoms with Crippen LogP contribution in [0.4, 0.5) is 4.39 Å². The fourth-order valence-corrected chi connectivity index (χ4v) is 4.86. The molecule has 31 heavy (non-hydrogen) atoms. The summed E-state index contributed by atoms with van der Waals surface area (Å²) in [4.78, 5) is 29.1. The molecule has 2 atom stereocenters. The Morgan fingerprint density at radius 1 is 1.16 bits per heavy atom. The number of benzene rings is 2. The summed E-state index contributed by atoms with van der Waals surface area (Å²) in [6.45, 7) is 1.86. The highest BCUT2D eigenvalue weighted by Gasteiger charge is 2.39. The van der Waals surface area contributed by atoms with E-state index in [4.69, 9.17) is 11.6 Å². The van der Waals surface area contributed by atoms with Crippen molar-refractivity contribution in [3.05, 3.63) is 76.6 Å². The van der Waals surface area contributed by atoms with Gasteiger partial charge in [-0.05, 0) is 60.6 Å². The number of fused-ring (bicyclic) bond motifs is 1. The molecule has 0 bridgehead atoms. The molecule has 0 radical (unpaired) electrons. The van der Waals surface area contributed by atoms with E-state index in [2.05, 4.69) is 0 Å². The van der Waals surface area contributed by atoms with Crippen molar-refractivity contribution in [3.63, 3.8) is 0 Å². The molecule has 2 amide bonds. The van der Waals surface area contributed by atoms with Crippen molar-refractivity contribution in [2.24, 2.45) is 5.92 Å². The van der Waals surface area contributed by atoms with E-state index in [1.165, 1.54) is 12.1 Å². The highest BCUT2D eigenvalue weighted by Crippen LogP contribution is 2.31. The predicted molar refractivity (Wildman–Crippen MR) is 120 cm³/mol. The van der Waals surface area contributed by atoms with Gasteiger partial charge >= 0.3 is 0 Å². The van der Waals surface area contributed by atoms with Crippen LogP contribution in [0.5, 0.6) is 0 Å². The molecule has 0 saturated carbocycles. The van der Waals surface area contributed by atoms with Gasteiger partial charge in [-0.3, -0.25) is 9.59 Å². The lowest BCUT2D eigenvalue weighted by atomic mass is 9.83. The van der Waals surface area contributed by atoms with E-state index in [1.807, 2.05) is 34.1 Å². The second kappa shape index (κ2) is 9.65. The van der Waals surface area contributed by atoms with E-state index in [0.717, 1.165) is 24.0 Å². The average molecular weight is 441 g/mol. The summed E-state index contributed by atoms with van der Waals surface area (Å²) in [7, 11) is 0. The minimum absolute atomic E-state index is 0.0263. The van der Waals surface area contributed by atoms with Crippen LogP contribution in [0.15, 0.2) is 54.6 Å². The standard InChI is InChI=1S/C25H26ClFN2O2/c26-22-7-2-1-5-19(22)8-10-24(30)28-14-13-23-20(17-28)9-11-25(31)29(23)15-12-18-4-3-6-21(27)16-18/h1-8,10,16,20,23H,9,11-15,17H2/b10-8+/t20-,23+/m1/s1. The van der Waals surface area contributed by atoms with Crippen LogP contribution in [0.3, 0.4) is 0 Å². The van der Waals surface area contributed by atoms with Crippen LogP contribution in [0, 0.1) is 11.7 Å². The van der Waals surface area contributed by atoms with Crippen molar-refractivity contribution in [1.29, 1.82) is 0 Å². The quantitative estimate of drug-likeness (QED) is 0.639. The molecule has 6 heteroatoms. The second-order valence-electron chi connectivity index (χ2n) is 8.26. The Balaban J connectivity index is 1.37. The lowest BCUT2D eigenvalue weighted by Crippen LogP contribution is -2.57. The minimum atomic E-state index is -0.253. The first-order valence-electron chi connectivity index (χ1n) is 10.8. The smallest absolute Gasteiger partial charge is 0.246 e. The first kappa shape index (κ1) is 21.6. The van der Waals surface area contributed by atoms with Crippen molar-refractivity contribution in [2.75, 3.05) is 19.6 Å². The van der Waals surface area contributed by atoms with Crippen molar-refractivity contribution < 1.29 is 14.0 Å². The summed E-state index contributed by atoms with van der Waals surface area (Å²) in [5, 5.41) is 0.616. The van der Waals surface area contributed by atoms with Gasteiger partial charge in [-0.25, -0.2) is 4.39 Å². The molecule has 2 fully saturated rings. The molecule has 4 rings (SSSR count). The second-order valence-corrected chi connectivity index (χ2v) is 8.67. The molecule has 4 nitrogen and oxygen atoms in total. The van der Waals surface area contributed by atoms with Gasteiger partial charge in [-0.1, -0.05) is 41.9 Å². The zero-order chi connectivity index (χ0) is 21.8. The van der Waals surface area contributed by atoms with Crippen molar-refractivity contribution >= 4 is 29.5 Å². The molecule has 0 spiro atoms. The van der Waals surface area contributed by atoms with Gasteiger partial charge in [0.05, 0.1) is 0 Å². The zero-order valence-electron chi connectivity index (χ0n) is 17.3. The van der Waals surface area contributed by atoms with Gasteiger partial charge in [0.2, 0.25) is 11.8 Å². The van der Waals surface area contributed by atoms with Crippen LogP contribution >= 0.6 is 11.6 Å². The summed E-state index contributed by atoms with van der Waals surface area (Å²) in [6, 6.07) is 14.1. The van der Waals surface area contributed by atoms with E-state index in [0.29, 0.717) is 37.5 Å². The topological polar surface area (TPSA) is 40.6 Å². The van der Waals surface area contributed by atoms with Crippen molar-refractivity contribution in [2.45, 2.75) is 31.7 Å². The van der Waals surface area contributed by atoms with E-state index >= 15 is 0 Å².